The monoisotopic (exact) mass is 242 g/mol. The molecule has 0 N–H and O–H groups in total. The van der Waals surface area contributed by atoms with Gasteiger partial charge in [0.05, 0.1) is 0 Å². The van der Waals surface area contributed by atoms with Crippen molar-refractivity contribution in [3.63, 3.8) is 0 Å². The second-order valence-corrected chi connectivity index (χ2v) is 4.56. The Hall–Kier alpha value is -1.96. The van der Waals surface area contributed by atoms with Crippen LogP contribution in [0.1, 0.15) is 32.6 Å². The van der Waals surface area contributed by atoms with Crippen molar-refractivity contribution in [2.45, 2.75) is 20.8 Å². The lowest BCUT2D eigenvalue weighted by atomic mass is 9.94. The summed E-state index contributed by atoms with van der Waals surface area (Å²) in [7, 11) is 0. The van der Waals surface area contributed by atoms with E-state index in [1.807, 2.05) is 32.0 Å². The Bertz CT molecular complexity index is 594. The highest BCUT2D eigenvalue weighted by molar-refractivity contribution is 6.10. The molecule has 0 saturated heterocycles. The highest BCUT2D eigenvalue weighted by atomic mass is 19.1. The van der Waals surface area contributed by atoms with E-state index in [-0.39, 0.29) is 11.6 Å². The fraction of sp³-hybridized carbons (Fsp3) is 0.188. The van der Waals surface area contributed by atoms with E-state index >= 15 is 0 Å². The second kappa shape index (κ2) is 4.73. The van der Waals surface area contributed by atoms with Crippen molar-refractivity contribution in [2.75, 3.05) is 0 Å². The lowest BCUT2D eigenvalue weighted by Crippen LogP contribution is -2.06. The van der Waals surface area contributed by atoms with Gasteiger partial charge in [-0.25, -0.2) is 4.39 Å². The van der Waals surface area contributed by atoms with E-state index in [0.29, 0.717) is 16.7 Å². The average Bonchev–Trinajstić information content (AvgIpc) is 2.32. The van der Waals surface area contributed by atoms with E-state index in [1.165, 1.54) is 6.07 Å². The molecule has 0 spiro atoms. The molecule has 2 rings (SSSR count). The molecule has 0 aliphatic carbocycles. The SMILES string of the molecule is Cc1ccc(C(=O)c2c(C)cccc2C)cc1F. The fourth-order valence-electron chi connectivity index (χ4n) is 2.05. The van der Waals surface area contributed by atoms with Crippen molar-refractivity contribution >= 4 is 5.78 Å². The van der Waals surface area contributed by atoms with Crippen LogP contribution in [0.25, 0.3) is 0 Å². The highest BCUT2D eigenvalue weighted by Gasteiger charge is 2.15. The van der Waals surface area contributed by atoms with Crippen LogP contribution >= 0.6 is 0 Å². The summed E-state index contributed by atoms with van der Waals surface area (Å²) >= 11 is 0. The van der Waals surface area contributed by atoms with Crippen LogP contribution in [0, 0.1) is 26.6 Å². The van der Waals surface area contributed by atoms with Crippen molar-refractivity contribution < 1.29 is 9.18 Å². The zero-order valence-electron chi connectivity index (χ0n) is 10.8. The number of hydrogen-bond donors (Lipinski definition) is 0. The van der Waals surface area contributed by atoms with Gasteiger partial charge in [-0.2, -0.15) is 0 Å². The standard InChI is InChI=1S/C16H15FO/c1-10-7-8-13(9-14(10)17)16(18)15-11(2)5-4-6-12(15)3/h4-9H,1-3H3. The number of hydrogen-bond acceptors (Lipinski definition) is 1. The van der Waals surface area contributed by atoms with Gasteiger partial charge in [0.25, 0.3) is 0 Å². The Balaban J connectivity index is 2.51. The Morgan fingerprint density at radius 1 is 0.944 bits per heavy atom. The number of rotatable bonds is 2. The van der Waals surface area contributed by atoms with E-state index in [4.69, 9.17) is 0 Å². The van der Waals surface area contributed by atoms with Gasteiger partial charge in [-0.3, -0.25) is 4.79 Å². The predicted octanol–water partition coefficient (Wildman–Crippen LogP) is 3.98. The number of ketones is 1. The lowest BCUT2D eigenvalue weighted by molar-refractivity contribution is 0.103. The molecule has 2 heteroatoms. The van der Waals surface area contributed by atoms with E-state index in [2.05, 4.69) is 0 Å². The second-order valence-electron chi connectivity index (χ2n) is 4.56. The third-order valence-electron chi connectivity index (χ3n) is 3.14. The van der Waals surface area contributed by atoms with Gasteiger partial charge in [0.15, 0.2) is 5.78 Å². The first-order valence-corrected chi connectivity index (χ1v) is 5.88. The summed E-state index contributed by atoms with van der Waals surface area (Å²) < 4.78 is 13.5. The van der Waals surface area contributed by atoms with Crippen LogP contribution in [0.3, 0.4) is 0 Å². The van der Waals surface area contributed by atoms with Crippen LogP contribution in [0.15, 0.2) is 36.4 Å². The molecule has 0 aliphatic rings. The minimum atomic E-state index is -0.341. The summed E-state index contributed by atoms with van der Waals surface area (Å²) in [4.78, 5) is 12.4. The number of halogens is 1. The van der Waals surface area contributed by atoms with E-state index < -0.39 is 0 Å². The zero-order valence-corrected chi connectivity index (χ0v) is 10.8. The number of carbonyl (C=O) groups is 1. The minimum Gasteiger partial charge on any atom is -0.289 e. The van der Waals surface area contributed by atoms with Gasteiger partial charge in [0.1, 0.15) is 5.82 Å². The molecule has 0 saturated carbocycles. The minimum absolute atomic E-state index is 0.121. The summed E-state index contributed by atoms with van der Waals surface area (Å²) in [6.45, 7) is 5.47. The lowest BCUT2D eigenvalue weighted by Gasteiger charge is -2.09. The molecule has 0 fully saturated rings. The molecule has 0 unspecified atom stereocenters. The molecule has 0 aliphatic heterocycles. The molecule has 92 valence electrons. The smallest absolute Gasteiger partial charge is 0.193 e. The summed E-state index contributed by atoms with van der Waals surface area (Å²) in [5.41, 5.74) is 3.45. The maximum atomic E-state index is 13.5. The molecule has 0 amide bonds. The predicted molar refractivity (Wildman–Crippen MR) is 70.5 cm³/mol. The first-order valence-electron chi connectivity index (χ1n) is 5.88. The molecule has 0 bridgehead atoms. The maximum Gasteiger partial charge on any atom is 0.193 e. The van der Waals surface area contributed by atoms with Crippen LogP contribution in [-0.4, -0.2) is 5.78 Å². The summed E-state index contributed by atoms with van der Waals surface area (Å²) in [6.07, 6.45) is 0. The molecular weight excluding hydrogens is 227 g/mol. The molecule has 18 heavy (non-hydrogen) atoms. The first kappa shape index (κ1) is 12.5. The van der Waals surface area contributed by atoms with Gasteiger partial charge in [-0.1, -0.05) is 30.3 Å². The molecule has 1 nitrogen and oxygen atoms in total. The number of carbonyl (C=O) groups excluding carboxylic acids is 1. The van der Waals surface area contributed by atoms with E-state index in [1.54, 1.807) is 19.1 Å². The normalized spacial score (nSPS) is 10.4. The Morgan fingerprint density at radius 3 is 2.11 bits per heavy atom. The van der Waals surface area contributed by atoms with Gasteiger partial charge in [0.2, 0.25) is 0 Å². The number of benzene rings is 2. The number of aryl methyl sites for hydroxylation is 3. The Kier molecular flexibility index (Phi) is 3.28. The van der Waals surface area contributed by atoms with Gasteiger partial charge >= 0.3 is 0 Å². The molecule has 2 aromatic rings. The van der Waals surface area contributed by atoms with Crippen LogP contribution in [0.2, 0.25) is 0 Å². The molecular formula is C16H15FO. The van der Waals surface area contributed by atoms with Crippen molar-refractivity contribution in [3.8, 4) is 0 Å². The van der Waals surface area contributed by atoms with E-state index in [0.717, 1.165) is 11.1 Å². The van der Waals surface area contributed by atoms with Crippen molar-refractivity contribution in [1.29, 1.82) is 0 Å². The largest absolute Gasteiger partial charge is 0.289 e. The quantitative estimate of drug-likeness (QED) is 0.728. The maximum absolute atomic E-state index is 13.5. The zero-order chi connectivity index (χ0) is 13.3. The summed E-state index contributed by atoms with van der Waals surface area (Å²) in [6, 6.07) is 10.3. The topological polar surface area (TPSA) is 17.1 Å². The third-order valence-corrected chi connectivity index (χ3v) is 3.14. The van der Waals surface area contributed by atoms with Crippen molar-refractivity contribution in [1.82, 2.24) is 0 Å². The molecule has 2 aromatic carbocycles. The summed E-state index contributed by atoms with van der Waals surface area (Å²) in [5, 5.41) is 0. The van der Waals surface area contributed by atoms with Crippen LogP contribution < -0.4 is 0 Å². The fourth-order valence-corrected chi connectivity index (χ4v) is 2.05. The molecule has 0 atom stereocenters. The Morgan fingerprint density at radius 2 is 1.56 bits per heavy atom. The Labute approximate surface area is 106 Å². The molecule has 0 heterocycles. The van der Waals surface area contributed by atoms with Crippen molar-refractivity contribution in [2.24, 2.45) is 0 Å². The third kappa shape index (κ3) is 2.19. The van der Waals surface area contributed by atoms with Crippen LogP contribution in [0.5, 0.6) is 0 Å². The van der Waals surface area contributed by atoms with Crippen molar-refractivity contribution in [3.05, 3.63) is 70.0 Å². The molecule has 0 radical (unpaired) electrons. The first-order chi connectivity index (χ1) is 8.50. The molecule has 0 aromatic heterocycles. The van der Waals surface area contributed by atoms with Crippen LogP contribution in [0.4, 0.5) is 4.39 Å². The van der Waals surface area contributed by atoms with Crippen LogP contribution in [-0.2, 0) is 0 Å². The average molecular weight is 242 g/mol. The highest BCUT2D eigenvalue weighted by Crippen LogP contribution is 2.19. The van der Waals surface area contributed by atoms with Gasteiger partial charge in [-0.05, 0) is 43.5 Å². The van der Waals surface area contributed by atoms with Gasteiger partial charge in [0, 0.05) is 11.1 Å². The van der Waals surface area contributed by atoms with E-state index in [9.17, 15) is 9.18 Å². The van der Waals surface area contributed by atoms with Gasteiger partial charge in [-0.15, -0.1) is 0 Å². The summed E-state index contributed by atoms with van der Waals surface area (Å²) in [5.74, 6) is -0.461. The van der Waals surface area contributed by atoms with Gasteiger partial charge < -0.3 is 0 Å².